The number of nitrogen functional groups attached to an aromatic ring is 1. The number of nitriles is 1. The number of halogens is 3. The van der Waals surface area contributed by atoms with Crippen molar-refractivity contribution in [1.29, 1.82) is 5.26 Å². The molecule has 2 N–H and O–H groups in total. The number of rotatable bonds is 8. The zero-order valence-electron chi connectivity index (χ0n) is 26.7. The Kier molecular flexibility index (Phi) is 8.15. The van der Waals surface area contributed by atoms with Crippen LogP contribution in [0.2, 0.25) is 0 Å². The van der Waals surface area contributed by atoms with Gasteiger partial charge in [0.1, 0.15) is 46.7 Å². The molecule has 0 aliphatic carbocycles. The summed E-state index contributed by atoms with van der Waals surface area (Å²) in [7, 11) is 1.84. The molecule has 7 rings (SSSR count). The molecule has 3 aromatic heterocycles. The lowest BCUT2D eigenvalue weighted by Crippen LogP contribution is -2.45. The van der Waals surface area contributed by atoms with Gasteiger partial charge >= 0.3 is 6.01 Å². The Hall–Kier alpha value is -4.48. The summed E-state index contributed by atoms with van der Waals surface area (Å²) in [6.07, 6.45) is 5.17. The number of amides is 1. The molecular formula is C34H35F3N8O2S. The van der Waals surface area contributed by atoms with E-state index >= 15 is 4.39 Å². The van der Waals surface area contributed by atoms with Crippen LogP contribution in [0.25, 0.3) is 32.2 Å². The minimum atomic E-state index is -0.953. The van der Waals surface area contributed by atoms with E-state index in [2.05, 4.69) is 21.4 Å². The lowest BCUT2D eigenvalue weighted by atomic mass is 9.95. The Bertz CT molecular complexity index is 2000. The van der Waals surface area contributed by atoms with Crippen LogP contribution in [0, 0.1) is 23.0 Å². The van der Waals surface area contributed by atoms with Crippen molar-refractivity contribution in [1.82, 2.24) is 24.8 Å². The van der Waals surface area contributed by atoms with E-state index in [1.807, 2.05) is 24.9 Å². The van der Waals surface area contributed by atoms with Gasteiger partial charge in [-0.25, -0.2) is 13.2 Å². The van der Waals surface area contributed by atoms with E-state index in [4.69, 9.17) is 15.5 Å². The summed E-state index contributed by atoms with van der Waals surface area (Å²) in [6, 6.07) is 4.20. The molecule has 3 saturated heterocycles. The highest BCUT2D eigenvalue weighted by molar-refractivity contribution is 7.23. The number of alkyl halides is 1. The third-order valence-corrected chi connectivity index (χ3v) is 11.3. The first-order chi connectivity index (χ1) is 23.1. The van der Waals surface area contributed by atoms with E-state index < -0.39 is 23.3 Å². The second-order valence-corrected chi connectivity index (χ2v) is 13.9. The molecular weight excluding hydrogens is 641 g/mol. The molecule has 0 spiro atoms. The second kappa shape index (κ2) is 12.2. The number of thiophene rings is 1. The van der Waals surface area contributed by atoms with E-state index in [0.29, 0.717) is 43.6 Å². The van der Waals surface area contributed by atoms with E-state index in [1.165, 1.54) is 24.4 Å². The van der Waals surface area contributed by atoms with Crippen LogP contribution in [-0.2, 0) is 4.79 Å². The Balaban J connectivity index is 1.36. The van der Waals surface area contributed by atoms with Crippen molar-refractivity contribution in [3.8, 4) is 23.3 Å². The van der Waals surface area contributed by atoms with Gasteiger partial charge in [0.2, 0.25) is 5.91 Å². The van der Waals surface area contributed by atoms with Crippen molar-refractivity contribution in [3.05, 3.63) is 48.2 Å². The van der Waals surface area contributed by atoms with Crippen LogP contribution >= 0.6 is 11.3 Å². The normalized spacial score (nSPS) is 23.9. The molecule has 0 radical (unpaired) electrons. The van der Waals surface area contributed by atoms with Crippen LogP contribution in [0.5, 0.6) is 6.01 Å². The average Bonchev–Trinajstić information content (AvgIpc) is 3.84. The maximum Gasteiger partial charge on any atom is 0.319 e. The van der Waals surface area contributed by atoms with Gasteiger partial charge in [-0.1, -0.05) is 13.5 Å². The fourth-order valence-electron chi connectivity index (χ4n) is 8.02. The highest BCUT2D eigenvalue weighted by Crippen LogP contribution is 2.43. The van der Waals surface area contributed by atoms with E-state index in [-0.39, 0.29) is 68.0 Å². The third kappa shape index (κ3) is 5.02. The number of carbonyl (C=O) groups is 1. The van der Waals surface area contributed by atoms with Gasteiger partial charge < -0.3 is 20.3 Å². The molecule has 3 aliphatic rings. The first kappa shape index (κ1) is 32.1. The summed E-state index contributed by atoms with van der Waals surface area (Å²) in [5.41, 5.74) is 5.60. The van der Waals surface area contributed by atoms with E-state index in [0.717, 1.165) is 30.7 Å². The quantitative estimate of drug-likeness (QED) is 0.238. The third-order valence-electron chi connectivity index (χ3n) is 10.3. The topological polar surface area (TPSA) is 125 Å². The van der Waals surface area contributed by atoms with Gasteiger partial charge in [0, 0.05) is 43.7 Å². The van der Waals surface area contributed by atoms with Gasteiger partial charge in [0.25, 0.3) is 0 Å². The van der Waals surface area contributed by atoms with Gasteiger partial charge in [-0.15, -0.1) is 11.3 Å². The minimum absolute atomic E-state index is 0.0477. The fraction of sp³-hybridized carbons (Fsp3) is 0.441. The van der Waals surface area contributed by atoms with Gasteiger partial charge in [0.15, 0.2) is 5.82 Å². The zero-order valence-corrected chi connectivity index (χ0v) is 27.5. The van der Waals surface area contributed by atoms with Crippen LogP contribution in [0.15, 0.2) is 31.0 Å². The molecule has 4 aromatic rings. The van der Waals surface area contributed by atoms with Gasteiger partial charge in [0.05, 0.1) is 33.3 Å². The molecule has 1 unspecified atom stereocenters. The number of hydrogen-bond acceptors (Lipinski definition) is 10. The summed E-state index contributed by atoms with van der Waals surface area (Å²) < 4.78 is 52.5. The largest absolute Gasteiger partial charge is 0.461 e. The van der Waals surface area contributed by atoms with E-state index in [9.17, 15) is 18.8 Å². The van der Waals surface area contributed by atoms with Crippen LogP contribution < -0.4 is 15.4 Å². The predicted octanol–water partition coefficient (Wildman–Crippen LogP) is 5.60. The number of aromatic nitrogens is 3. The maximum atomic E-state index is 16.8. The number of ether oxygens (including phenoxy) is 1. The number of nitrogens with zero attached hydrogens (tertiary/aromatic N) is 7. The van der Waals surface area contributed by atoms with Gasteiger partial charge in [-0.2, -0.15) is 15.2 Å². The number of likely N-dealkylation sites (tertiary alicyclic amines) is 1. The molecule has 1 amide bonds. The monoisotopic (exact) mass is 676 g/mol. The molecule has 48 heavy (non-hydrogen) atoms. The Morgan fingerprint density at radius 3 is 2.90 bits per heavy atom. The lowest BCUT2D eigenvalue weighted by molar-refractivity contribution is -0.126. The van der Waals surface area contributed by atoms with Crippen molar-refractivity contribution in [2.75, 3.05) is 43.9 Å². The summed E-state index contributed by atoms with van der Waals surface area (Å²) >= 11 is 0.916. The second-order valence-electron chi connectivity index (χ2n) is 12.8. The smallest absolute Gasteiger partial charge is 0.319 e. The van der Waals surface area contributed by atoms with Gasteiger partial charge in [-0.3, -0.25) is 14.7 Å². The average molecular weight is 677 g/mol. The van der Waals surface area contributed by atoms with Crippen LogP contribution in [0.3, 0.4) is 0 Å². The standard InChI is InChI=1S/C34H35F3N8O2S/c1-4-23-24(9-12-45(23)25(46)5-2)43(3)32-21-15-40-28(19-7-8-22(36)30-26(19)20(14-38)31(39)48-30)27(37)29(21)41-33(42-32)47-17-34-10-6-11-44(34)16-18(35)13-34/h5,7-8,15,18,23-24H,2,4,6,9-13,16-17,39H2,1,3H3/t18-,23-,24?,34+/m1/s1. The number of likely N-dealkylation sites (N-methyl/N-ethyl adjacent to an activating group) is 1. The highest BCUT2D eigenvalue weighted by Gasteiger charge is 2.49. The van der Waals surface area contributed by atoms with Crippen molar-refractivity contribution in [3.63, 3.8) is 0 Å². The number of fused-ring (bicyclic) bond motifs is 3. The number of hydrogen-bond donors (Lipinski definition) is 1. The summed E-state index contributed by atoms with van der Waals surface area (Å²) in [5, 5.41) is 10.4. The number of carbonyl (C=O) groups excluding carboxylic acids is 1. The van der Waals surface area contributed by atoms with Crippen molar-refractivity contribution in [2.24, 2.45) is 0 Å². The number of benzene rings is 1. The molecule has 0 bridgehead atoms. The van der Waals surface area contributed by atoms with Crippen molar-refractivity contribution < 1.29 is 22.7 Å². The minimum Gasteiger partial charge on any atom is -0.461 e. The number of pyridine rings is 1. The summed E-state index contributed by atoms with van der Waals surface area (Å²) in [5.74, 6) is -1.18. The summed E-state index contributed by atoms with van der Waals surface area (Å²) in [4.78, 5) is 32.3. The lowest BCUT2D eigenvalue weighted by Gasteiger charge is -2.34. The van der Waals surface area contributed by atoms with Crippen LogP contribution in [-0.4, -0.2) is 87.7 Å². The maximum absolute atomic E-state index is 16.8. The van der Waals surface area contributed by atoms with Crippen LogP contribution in [0.4, 0.5) is 24.0 Å². The van der Waals surface area contributed by atoms with Gasteiger partial charge in [-0.05, 0) is 50.4 Å². The molecule has 3 aliphatic heterocycles. The molecule has 4 atom stereocenters. The first-order valence-corrected chi connectivity index (χ1v) is 16.9. The molecule has 3 fully saturated rings. The molecule has 1 aromatic carbocycles. The molecule has 6 heterocycles. The fourth-order valence-corrected chi connectivity index (χ4v) is 8.97. The molecule has 10 nitrogen and oxygen atoms in total. The Labute approximate surface area is 279 Å². The highest BCUT2D eigenvalue weighted by atomic mass is 32.1. The SMILES string of the molecule is C=CC(=O)N1CCC(N(C)c2nc(OC[C@@]34CCCN3C[C@H](F)C4)nc3c(F)c(-c4ccc(F)c5sc(N)c(C#N)c45)ncc23)[C@H]1CC. The van der Waals surface area contributed by atoms with Crippen molar-refractivity contribution in [2.45, 2.75) is 62.8 Å². The summed E-state index contributed by atoms with van der Waals surface area (Å²) in [6.45, 7) is 7.45. The molecule has 14 heteroatoms. The van der Waals surface area contributed by atoms with Crippen LogP contribution in [0.1, 0.15) is 44.6 Å². The predicted molar refractivity (Wildman–Crippen MR) is 179 cm³/mol. The number of nitrogens with two attached hydrogens (primary N) is 1. The van der Waals surface area contributed by atoms with E-state index in [1.54, 1.807) is 4.90 Å². The number of anilines is 2. The molecule has 250 valence electrons. The zero-order chi connectivity index (χ0) is 33.9. The Morgan fingerprint density at radius 1 is 1.33 bits per heavy atom. The Morgan fingerprint density at radius 2 is 2.15 bits per heavy atom. The molecule has 0 saturated carbocycles. The first-order valence-electron chi connectivity index (χ1n) is 16.1. The van der Waals surface area contributed by atoms with Crippen molar-refractivity contribution >= 4 is 49.1 Å².